The normalized spacial score (nSPS) is 11.0. The first-order chi connectivity index (χ1) is 7.74. The van der Waals surface area contributed by atoms with Crippen molar-refractivity contribution in [3.05, 3.63) is 52.8 Å². The number of aromatic nitrogens is 1. The zero-order chi connectivity index (χ0) is 11.1. The first kappa shape index (κ1) is 8.97. The van der Waals surface area contributed by atoms with E-state index in [9.17, 15) is 9.90 Å². The molecule has 0 aliphatic rings. The molecule has 2 aromatic carbocycles. The van der Waals surface area contributed by atoms with Crippen LogP contribution in [0.2, 0.25) is 0 Å². The van der Waals surface area contributed by atoms with Crippen LogP contribution in [0.1, 0.15) is 0 Å². The Labute approximate surface area is 91.0 Å². The van der Waals surface area contributed by atoms with E-state index in [0.717, 1.165) is 16.2 Å². The average Bonchev–Trinajstić information content (AvgIpc) is 2.27. The smallest absolute Gasteiger partial charge is 0.251 e. The number of hydrogen-bond donors (Lipinski definition) is 2. The molecule has 0 atom stereocenters. The van der Waals surface area contributed by atoms with E-state index in [2.05, 4.69) is 4.98 Å². The molecule has 3 nitrogen and oxygen atoms in total. The third-order valence-corrected chi connectivity index (χ3v) is 2.70. The predicted octanol–water partition coefficient (Wildman–Crippen LogP) is 2.39. The van der Waals surface area contributed by atoms with E-state index in [0.29, 0.717) is 5.39 Å². The van der Waals surface area contributed by atoms with Gasteiger partial charge in [0.15, 0.2) is 5.88 Å². The number of aromatic hydroxyl groups is 1. The maximum absolute atomic E-state index is 11.2. The Balaban J connectivity index is 2.56. The van der Waals surface area contributed by atoms with Gasteiger partial charge in [0, 0.05) is 11.5 Å². The highest BCUT2D eigenvalue weighted by molar-refractivity contribution is 5.99. The molecule has 1 heterocycles. The summed E-state index contributed by atoms with van der Waals surface area (Å²) < 4.78 is 0. The van der Waals surface area contributed by atoms with E-state index in [1.54, 1.807) is 0 Å². The second-order valence-corrected chi connectivity index (χ2v) is 3.77. The summed E-state index contributed by atoms with van der Waals surface area (Å²) in [5.41, 5.74) is -0.291. The van der Waals surface area contributed by atoms with Crippen LogP contribution in [0.4, 0.5) is 0 Å². The van der Waals surface area contributed by atoms with Gasteiger partial charge in [-0.25, -0.2) is 0 Å². The Morgan fingerprint density at radius 1 is 0.938 bits per heavy atom. The second-order valence-electron chi connectivity index (χ2n) is 3.77. The van der Waals surface area contributed by atoms with E-state index in [1.807, 2.05) is 36.4 Å². The predicted molar refractivity (Wildman–Crippen MR) is 63.7 cm³/mol. The Hall–Kier alpha value is -2.29. The summed E-state index contributed by atoms with van der Waals surface area (Å²) >= 11 is 0. The van der Waals surface area contributed by atoms with Gasteiger partial charge in [0.05, 0.1) is 0 Å². The molecule has 78 valence electrons. The topological polar surface area (TPSA) is 53.1 Å². The molecule has 0 unspecified atom stereocenters. The fraction of sp³-hybridized carbons (Fsp3) is 0. The molecular weight excluding hydrogens is 202 g/mol. The maximum Gasteiger partial charge on any atom is 0.251 e. The van der Waals surface area contributed by atoms with Gasteiger partial charge < -0.3 is 5.11 Å². The lowest BCUT2D eigenvalue weighted by Gasteiger charge is -2.03. The molecule has 3 heteroatoms. The summed E-state index contributed by atoms with van der Waals surface area (Å²) in [5.74, 6) is -0.0757. The summed E-state index contributed by atoms with van der Waals surface area (Å²) in [6.07, 6.45) is 0. The van der Waals surface area contributed by atoms with Crippen molar-refractivity contribution in [2.45, 2.75) is 0 Å². The van der Waals surface area contributed by atoms with Gasteiger partial charge in [-0.2, -0.15) is 0 Å². The minimum absolute atomic E-state index is 0.0757. The van der Waals surface area contributed by atoms with Crippen molar-refractivity contribution in [3.8, 4) is 5.88 Å². The lowest BCUT2D eigenvalue weighted by atomic mass is 10.1. The van der Waals surface area contributed by atoms with E-state index in [1.165, 1.54) is 6.07 Å². The number of H-pyrrole nitrogens is 1. The highest BCUT2D eigenvalue weighted by Gasteiger charge is 2.03. The zero-order valence-electron chi connectivity index (χ0n) is 8.40. The molecule has 3 rings (SSSR count). The minimum atomic E-state index is -0.291. The Kier molecular flexibility index (Phi) is 1.74. The monoisotopic (exact) mass is 211 g/mol. The van der Waals surface area contributed by atoms with Crippen molar-refractivity contribution < 1.29 is 5.11 Å². The summed E-state index contributed by atoms with van der Waals surface area (Å²) in [6, 6.07) is 13.1. The summed E-state index contributed by atoms with van der Waals surface area (Å²) in [5, 5.41) is 13.2. The number of aromatic amines is 1. The van der Waals surface area contributed by atoms with Gasteiger partial charge in [-0.3, -0.25) is 9.78 Å². The van der Waals surface area contributed by atoms with Crippen LogP contribution in [0.5, 0.6) is 5.88 Å². The number of pyridine rings is 1. The van der Waals surface area contributed by atoms with Crippen LogP contribution in [0.15, 0.2) is 47.3 Å². The van der Waals surface area contributed by atoms with E-state index >= 15 is 0 Å². The largest absolute Gasteiger partial charge is 0.494 e. The first-order valence-corrected chi connectivity index (χ1v) is 4.99. The van der Waals surface area contributed by atoms with Gasteiger partial charge in [0.2, 0.25) is 0 Å². The van der Waals surface area contributed by atoms with Crippen LogP contribution >= 0.6 is 0 Å². The van der Waals surface area contributed by atoms with Gasteiger partial charge in [-0.05, 0) is 28.3 Å². The molecule has 1 aromatic heterocycles. The molecule has 0 aliphatic carbocycles. The van der Waals surface area contributed by atoms with Gasteiger partial charge in [0.25, 0.3) is 5.56 Å². The number of rotatable bonds is 0. The quantitative estimate of drug-likeness (QED) is 0.561. The molecule has 0 saturated carbocycles. The van der Waals surface area contributed by atoms with Gasteiger partial charge in [-0.15, -0.1) is 0 Å². The van der Waals surface area contributed by atoms with Gasteiger partial charge in [0.1, 0.15) is 0 Å². The van der Waals surface area contributed by atoms with Crippen molar-refractivity contribution >= 4 is 21.5 Å². The molecular formula is C13H9NO2. The third-order valence-electron chi connectivity index (χ3n) is 2.70. The molecule has 2 N–H and O–H groups in total. The molecule has 0 spiro atoms. The van der Waals surface area contributed by atoms with E-state index < -0.39 is 0 Å². The molecule has 0 radical (unpaired) electrons. The average molecular weight is 211 g/mol. The Morgan fingerprint density at radius 3 is 2.38 bits per heavy atom. The van der Waals surface area contributed by atoms with Crippen molar-refractivity contribution in [3.63, 3.8) is 0 Å². The molecule has 0 saturated heterocycles. The summed E-state index contributed by atoms with van der Waals surface area (Å²) in [7, 11) is 0. The zero-order valence-corrected chi connectivity index (χ0v) is 8.40. The molecule has 0 fully saturated rings. The van der Waals surface area contributed by atoms with Crippen molar-refractivity contribution in [1.29, 1.82) is 0 Å². The van der Waals surface area contributed by atoms with Gasteiger partial charge in [-0.1, -0.05) is 24.3 Å². The maximum atomic E-state index is 11.2. The van der Waals surface area contributed by atoms with Crippen LogP contribution in [-0.4, -0.2) is 10.1 Å². The van der Waals surface area contributed by atoms with Crippen molar-refractivity contribution in [2.24, 2.45) is 0 Å². The van der Waals surface area contributed by atoms with E-state index in [4.69, 9.17) is 0 Å². The number of benzene rings is 2. The van der Waals surface area contributed by atoms with Crippen LogP contribution in [0.25, 0.3) is 21.5 Å². The standard InChI is InChI=1S/C13H9NO2/c15-12-7-10-5-8-3-1-2-4-9(8)6-11(10)13(16)14-12/h1-7H,(H2,14,15,16). The van der Waals surface area contributed by atoms with Crippen molar-refractivity contribution in [1.82, 2.24) is 4.98 Å². The van der Waals surface area contributed by atoms with E-state index in [-0.39, 0.29) is 11.4 Å². The lowest BCUT2D eigenvalue weighted by Crippen LogP contribution is -2.02. The van der Waals surface area contributed by atoms with Crippen LogP contribution in [-0.2, 0) is 0 Å². The fourth-order valence-corrected chi connectivity index (χ4v) is 1.94. The number of fused-ring (bicyclic) bond motifs is 2. The Morgan fingerprint density at radius 2 is 1.62 bits per heavy atom. The SMILES string of the molecule is O=c1cc2cc3ccccc3cc2c(O)[nH]1. The molecule has 0 aliphatic heterocycles. The third kappa shape index (κ3) is 1.26. The summed E-state index contributed by atoms with van der Waals surface area (Å²) in [4.78, 5) is 13.6. The highest BCUT2D eigenvalue weighted by Crippen LogP contribution is 2.25. The Bertz CT molecular complexity index is 744. The molecule has 16 heavy (non-hydrogen) atoms. The first-order valence-electron chi connectivity index (χ1n) is 4.99. The highest BCUT2D eigenvalue weighted by atomic mass is 16.3. The molecule has 0 amide bonds. The van der Waals surface area contributed by atoms with Gasteiger partial charge >= 0.3 is 0 Å². The molecule has 3 aromatic rings. The number of hydrogen-bond acceptors (Lipinski definition) is 2. The van der Waals surface area contributed by atoms with Crippen LogP contribution in [0, 0.1) is 0 Å². The van der Waals surface area contributed by atoms with Crippen molar-refractivity contribution in [2.75, 3.05) is 0 Å². The van der Waals surface area contributed by atoms with Crippen LogP contribution in [0.3, 0.4) is 0 Å². The molecule has 0 bridgehead atoms. The minimum Gasteiger partial charge on any atom is -0.494 e. The second kappa shape index (κ2) is 3.10. The lowest BCUT2D eigenvalue weighted by molar-refractivity contribution is 0.459. The van der Waals surface area contributed by atoms with Crippen LogP contribution < -0.4 is 5.56 Å². The number of nitrogens with one attached hydrogen (secondary N) is 1. The fourth-order valence-electron chi connectivity index (χ4n) is 1.94. The summed E-state index contributed by atoms with van der Waals surface area (Å²) in [6.45, 7) is 0.